The summed E-state index contributed by atoms with van der Waals surface area (Å²) in [4.78, 5) is 9.39. The van der Waals surface area contributed by atoms with Crippen molar-refractivity contribution in [1.82, 2.24) is 9.55 Å². The van der Waals surface area contributed by atoms with Gasteiger partial charge in [0.15, 0.2) is 0 Å². The molecule has 0 spiro atoms. The van der Waals surface area contributed by atoms with Crippen LogP contribution < -0.4 is 0 Å². The highest BCUT2D eigenvalue weighted by atomic mass is 35.5. The highest BCUT2D eigenvalue weighted by molar-refractivity contribution is 6.35. The molecule has 0 N–H and O–H groups in total. The fraction of sp³-hybridized carbons (Fsp3) is 0.158. The van der Waals surface area contributed by atoms with Crippen LogP contribution in [0.1, 0.15) is 29.4 Å². The number of aryl methyl sites for hydroxylation is 1. The van der Waals surface area contributed by atoms with E-state index >= 15 is 0 Å². The van der Waals surface area contributed by atoms with Crippen molar-refractivity contribution in [3.05, 3.63) is 81.4 Å². The number of aromatic nitrogens is 2. The Balaban J connectivity index is 1.89. The molecule has 4 rings (SSSR count). The van der Waals surface area contributed by atoms with Gasteiger partial charge < -0.3 is 4.57 Å². The second-order valence-corrected chi connectivity index (χ2v) is 6.56. The zero-order valence-electron chi connectivity index (χ0n) is 13.1. The van der Waals surface area contributed by atoms with Crippen molar-refractivity contribution in [1.29, 1.82) is 0 Å². The van der Waals surface area contributed by atoms with E-state index in [0.717, 1.165) is 34.8 Å². The summed E-state index contributed by atoms with van der Waals surface area (Å²) in [7, 11) is 0. The predicted octanol–water partition coefficient (Wildman–Crippen LogP) is 5.09. The molecule has 0 bridgehead atoms. The Morgan fingerprint density at radius 1 is 1.17 bits per heavy atom. The standard InChI is InChI=1S/C19H15Cl2N3/c1-2-12-5-6-16(22-10-12)19-17-4-3-7-24(17)18-9-13(20)8-15(21)14(18)11-23-19/h3-10H,2,11H2,1H3. The van der Waals surface area contributed by atoms with Gasteiger partial charge in [-0.05, 0) is 42.3 Å². The van der Waals surface area contributed by atoms with Crippen molar-refractivity contribution in [3.63, 3.8) is 0 Å². The minimum absolute atomic E-state index is 0.500. The van der Waals surface area contributed by atoms with Gasteiger partial charge in [-0.1, -0.05) is 36.2 Å². The van der Waals surface area contributed by atoms with Crippen LogP contribution in [0.5, 0.6) is 0 Å². The number of hydrogen-bond donors (Lipinski definition) is 0. The Kier molecular flexibility index (Phi) is 3.91. The van der Waals surface area contributed by atoms with Gasteiger partial charge in [0, 0.05) is 28.0 Å². The SMILES string of the molecule is CCc1ccc(C2=NCc3c(Cl)cc(Cl)cc3-n3cccc32)nc1. The molecule has 3 aromatic rings. The summed E-state index contributed by atoms with van der Waals surface area (Å²) in [6.07, 6.45) is 4.88. The van der Waals surface area contributed by atoms with E-state index in [-0.39, 0.29) is 0 Å². The molecule has 1 aliphatic rings. The summed E-state index contributed by atoms with van der Waals surface area (Å²) in [5.74, 6) is 0. The van der Waals surface area contributed by atoms with E-state index in [1.54, 1.807) is 6.07 Å². The molecule has 0 amide bonds. The normalized spacial score (nSPS) is 13.0. The summed E-state index contributed by atoms with van der Waals surface area (Å²) >= 11 is 12.6. The first kappa shape index (κ1) is 15.4. The average Bonchev–Trinajstić information content (AvgIpc) is 3.00. The van der Waals surface area contributed by atoms with Crippen LogP contribution in [0, 0.1) is 0 Å². The third-order valence-electron chi connectivity index (χ3n) is 4.26. The van der Waals surface area contributed by atoms with Crippen LogP contribution >= 0.6 is 23.2 Å². The van der Waals surface area contributed by atoms with Gasteiger partial charge >= 0.3 is 0 Å². The van der Waals surface area contributed by atoms with Crippen LogP contribution in [0.4, 0.5) is 0 Å². The summed E-state index contributed by atoms with van der Waals surface area (Å²) in [5, 5.41) is 1.25. The molecule has 24 heavy (non-hydrogen) atoms. The monoisotopic (exact) mass is 355 g/mol. The number of hydrogen-bond acceptors (Lipinski definition) is 2. The molecule has 5 heteroatoms. The Labute approximate surface area is 150 Å². The number of fused-ring (bicyclic) bond motifs is 3. The molecule has 1 aliphatic heterocycles. The first-order chi connectivity index (χ1) is 11.7. The third kappa shape index (κ3) is 2.54. The Morgan fingerprint density at radius 3 is 2.79 bits per heavy atom. The minimum atomic E-state index is 0.500. The lowest BCUT2D eigenvalue weighted by molar-refractivity contribution is 1.02. The molecule has 0 saturated carbocycles. The van der Waals surface area contributed by atoms with E-state index in [2.05, 4.69) is 22.5 Å². The van der Waals surface area contributed by atoms with Gasteiger partial charge in [-0.15, -0.1) is 0 Å². The Morgan fingerprint density at radius 2 is 2.04 bits per heavy atom. The molecule has 0 aliphatic carbocycles. The Bertz CT molecular complexity index is 940. The number of nitrogens with zero attached hydrogens (tertiary/aromatic N) is 3. The number of halogens is 2. The lowest BCUT2D eigenvalue weighted by atomic mass is 10.1. The second-order valence-electron chi connectivity index (χ2n) is 5.72. The van der Waals surface area contributed by atoms with E-state index in [1.807, 2.05) is 36.7 Å². The van der Waals surface area contributed by atoms with Crippen LogP contribution in [0.25, 0.3) is 5.69 Å². The second kappa shape index (κ2) is 6.08. The number of benzene rings is 1. The largest absolute Gasteiger partial charge is 0.315 e. The average molecular weight is 356 g/mol. The van der Waals surface area contributed by atoms with E-state index < -0.39 is 0 Å². The van der Waals surface area contributed by atoms with E-state index in [0.29, 0.717) is 16.6 Å². The highest BCUT2D eigenvalue weighted by Crippen LogP contribution is 2.32. The molecule has 0 unspecified atom stereocenters. The quantitative estimate of drug-likeness (QED) is 0.629. The van der Waals surface area contributed by atoms with E-state index in [1.165, 1.54) is 5.56 Å². The zero-order valence-corrected chi connectivity index (χ0v) is 14.6. The molecule has 120 valence electrons. The predicted molar refractivity (Wildman–Crippen MR) is 98.7 cm³/mol. The van der Waals surface area contributed by atoms with Gasteiger partial charge in [0.25, 0.3) is 0 Å². The van der Waals surface area contributed by atoms with E-state index in [4.69, 9.17) is 28.2 Å². The zero-order chi connectivity index (χ0) is 16.7. The number of aliphatic imine (C=N–C) groups is 1. The maximum Gasteiger partial charge on any atom is 0.107 e. The molecule has 0 saturated heterocycles. The van der Waals surface area contributed by atoms with Gasteiger partial charge in [0.1, 0.15) is 5.71 Å². The van der Waals surface area contributed by atoms with Gasteiger partial charge in [0.05, 0.1) is 23.6 Å². The van der Waals surface area contributed by atoms with Crippen LogP contribution in [-0.4, -0.2) is 15.3 Å². The summed E-state index contributed by atoms with van der Waals surface area (Å²) in [6.45, 7) is 2.62. The maximum atomic E-state index is 6.40. The van der Waals surface area contributed by atoms with Crippen molar-refractivity contribution < 1.29 is 0 Å². The van der Waals surface area contributed by atoms with E-state index in [9.17, 15) is 0 Å². The third-order valence-corrected chi connectivity index (χ3v) is 4.81. The fourth-order valence-corrected chi connectivity index (χ4v) is 3.51. The van der Waals surface area contributed by atoms with Crippen LogP contribution in [0.15, 0.2) is 53.8 Å². The molecule has 3 heterocycles. The molecular weight excluding hydrogens is 341 g/mol. The highest BCUT2D eigenvalue weighted by Gasteiger charge is 2.21. The molecular formula is C19H15Cl2N3. The van der Waals surface area contributed by atoms with Crippen molar-refractivity contribution >= 4 is 28.9 Å². The molecule has 2 aromatic heterocycles. The summed E-state index contributed by atoms with van der Waals surface area (Å²) in [5.41, 5.74) is 5.87. The van der Waals surface area contributed by atoms with Crippen molar-refractivity contribution in [2.24, 2.45) is 4.99 Å². The molecule has 1 aromatic carbocycles. The fourth-order valence-electron chi connectivity index (χ4n) is 2.97. The lowest BCUT2D eigenvalue weighted by Gasteiger charge is -2.12. The van der Waals surface area contributed by atoms with Gasteiger partial charge in [-0.3, -0.25) is 9.98 Å². The topological polar surface area (TPSA) is 30.2 Å². The van der Waals surface area contributed by atoms with Crippen molar-refractivity contribution in [2.45, 2.75) is 19.9 Å². The van der Waals surface area contributed by atoms with Crippen LogP contribution in [-0.2, 0) is 13.0 Å². The van der Waals surface area contributed by atoms with Gasteiger partial charge in [-0.25, -0.2) is 0 Å². The maximum absolute atomic E-state index is 6.40. The first-order valence-electron chi connectivity index (χ1n) is 7.83. The van der Waals surface area contributed by atoms with Gasteiger partial charge in [-0.2, -0.15) is 0 Å². The summed E-state index contributed by atoms with van der Waals surface area (Å²) < 4.78 is 2.08. The van der Waals surface area contributed by atoms with Crippen molar-refractivity contribution in [3.8, 4) is 5.69 Å². The minimum Gasteiger partial charge on any atom is -0.315 e. The summed E-state index contributed by atoms with van der Waals surface area (Å²) in [6, 6.07) is 11.9. The molecule has 0 radical (unpaired) electrons. The van der Waals surface area contributed by atoms with Crippen LogP contribution in [0.3, 0.4) is 0 Å². The molecule has 0 fully saturated rings. The Hall–Kier alpha value is -2.10. The number of rotatable bonds is 2. The molecule has 3 nitrogen and oxygen atoms in total. The van der Waals surface area contributed by atoms with Crippen molar-refractivity contribution in [2.75, 3.05) is 0 Å². The first-order valence-corrected chi connectivity index (χ1v) is 8.58. The van der Waals surface area contributed by atoms with Gasteiger partial charge in [0.2, 0.25) is 0 Å². The van der Waals surface area contributed by atoms with Crippen LogP contribution in [0.2, 0.25) is 10.0 Å². The lowest BCUT2D eigenvalue weighted by Crippen LogP contribution is -2.10. The number of pyridine rings is 1. The smallest absolute Gasteiger partial charge is 0.107 e. The molecule has 0 atom stereocenters.